The van der Waals surface area contributed by atoms with Crippen molar-refractivity contribution < 1.29 is 0 Å². The molecule has 1 fully saturated rings. The molecule has 0 amide bonds. The average Bonchev–Trinajstić information content (AvgIpc) is 1.80. The predicted molar refractivity (Wildman–Crippen MR) is 52.2 cm³/mol. The van der Waals surface area contributed by atoms with E-state index in [1.807, 2.05) is 0 Å². The Hall–Kier alpha value is 1.05. The van der Waals surface area contributed by atoms with Crippen LogP contribution in [0.25, 0.3) is 0 Å². The number of thiol groups is 3. The van der Waals surface area contributed by atoms with E-state index in [2.05, 4.69) is 37.9 Å². The molecule has 1 aliphatic rings. The minimum absolute atomic E-state index is 0.463. The second-order valence-corrected chi connectivity index (χ2v) is 4.66. The summed E-state index contributed by atoms with van der Waals surface area (Å²) in [5.74, 6) is 0. The minimum atomic E-state index is 0.463. The summed E-state index contributed by atoms with van der Waals surface area (Å²) in [7, 11) is 0. The second kappa shape index (κ2) is 3.44. The van der Waals surface area contributed by atoms with Crippen molar-refractivity contribution in [2.24, 2.45) is 0 Å². The van der Waals surface area contributed by atoms with Gasteiger partial charge in [-0.05, 0) is 19.3 Å². The Balaban J connectivity index is 2.35. The highest BCUT2D eigenvalue weighted by Crippen LogP contribution is 2.29. The van der Waals surface area contributed by atoms with E-state index in [9.17, 15) is 0 Å². The molecule has 0 aromatic heterocycles. The summed E-state index contributed by atoms with van der Waals surface area (Å²) >= 11 is 13.2. The summed E-state index contributed by atoms with van der Waals surface area (Å²) in [4.78, 5) is 0. The van der Waals surface area contributed by atoms with Gasteiger partial charge in [0, 0.05) is 15.7 Å². The normalized spacial score (nSPS) is 45.0. The topological polar surface area (TPSA) is 0 Å². The smallest absolute Gasteiger partial charge is 0.0144 e. The molecule has 1 saturated carbocycles. The number of rotatable bonds is 0. The summed E-state index contributed by atoms with van der Waals surface area (Å²) in [5.41, 5.74) is 0. The fourth-order valence-electron chi connectivity index (χ4n) is 1.11. The Bertz CT molecular complexity index is 94.3. The molecule has 0 radical (unpaired) electrons. The molecule has 0 aromatic carbocycles. The molecule has 0 saturated heterocycles. The van der Waals surface area contributed by atoms with E-state index in [1.165, 1.54) is 12.8 Å². The van der Waals surface area contributed by atoms with E-state index in [0.717, 1.165) is 6.42 Å². The van der Waals surface area contributed by atoms with Gasteiger partial charge < -0.3 is 0 Å². The van der Waals surface area contributed by atoms with E-state index in [1.54, 1.807) is 0 Å². The predicted octanol–water partition coefficient (Wildman–Crippen LogP) is 2.07. The van der Waals surface area contributed by atoms with Gasteiger partial charge in [0.1, 0.15) is 0 Å². The zero-order chi connectivity index (χ0) is 6.85. The van der Waals surface area contributed by atoms with E-state index in [0.29, 0.717) is 15.7 Å². The first-order chi connectivity index (χ1) is 4.20. The Kier molecular flexibility index (Phi) is 3.12. The molecule has 3 atom stereocenters. The lowest BCUT2D eigenvalue weighted by Gasteiger charge is -2.27. The van der Waals surface area contributed by atoms with Gasteiger partial charge in [-0.3, -0.25) is 0 Å². The van der Waals surface area contributed by atoms with Crippen molar-refractivity contribution in [3.8, 4) is 0 Å². The van der Waals surface area contributed by atoms with Gasteiger partial charge in [-0.2, -0.15) is 37.9 Å². The van der Waals surface area contributed by atoms with Crippen molar-refractivity contribution in [3.63, 3.8) is 0 Å². The van der Waals surface area contributed by atoms with Gasteiger partial charge in [0.05, 0.1) is 0 Å². The second-order valence-electron chi connectivity index (χ2n) is 2.60. The van der Waals surface area contributed by atoms with Crippen LogP contribution >= 0.6 is 37.9 Å². The average molecular weight is 180 g/mol. The first-order valence-electron chi connectivity index (χ1n) is 3.24. The molecular weight excluding hydrogens is 168 g/mol. The molecule has 0 heterocycles. The highest BCUT2D eigenvalue weighted by atomic mass is 32.1. The first kappa shape index (κ1) is 8.15. The van der Waals surface area contributed by atoms with Crippen LogP contribution in [0.3, 0.4) is 0 Å². The number of hydrogen-bond donors (Lipinski definition) is 3. The van der Waals surface area contributed by atoms with Crippen LogP contribution in [0.15, 0.2) is 0 Å². The lowest BCUT2D eigenvalue weighted by molar-refractivity contribution is 0.546. The third kappa shape index (κ3) is 2.28. The van der Waals surface area contributed by atoms with Crippen LogP contribution in [-0.4, -0.2) is 15.7 Å². The Morgan fingerprint density at radius 3 is 2.00 bits per heavy atom. The third-order valence-electron chi connectivity index (χ3n) is 1.75. The molecule has 0 aliphatic heterocycles. The third-order valence-corrected chi connectivity index (χ3v) is 3.65. The summed E-state index contributed by atoms with van der Waals surface area (Å²) in [5, 5.41) is 1.53. The standard InChI is InChI=1S/C6H12S3/c7-4-1-2-5(8)6(9)3-4/h4-9H,1-3H2. The lowest BCUT2D eigenvalue weighted by atomic mass is 9.99. The molecule has 0 nitrogen and oxygen atoms in total. The SMILES string of the molecule is SC1CCC(S)C(S)C1. The molecule has 0 aromatic rings. The van der Waals surface area contributed by atoms with Crippen molar-refractivity contribution in [3.05, 3.63) is 0 Å². The monoisotopic (exact) mass is 180 g/mol. The van der Waals surface area contributed by atoms with Crippen LogP contribution in [0, 0.1) is 0 Å². The quantitative estimate of drug-likeness (QED) is 0.467. The van der Waals surface area contributed by atoms with E-state index >= 15 is 0 Å². The van der Waals surface area contributed by atoms with Crippen molar-refractivity contribution >= 4 is 37.9 Å². The zero-order valence-electron chi connectivity index (χ0n) is 5.20. The molecule has 3 unspecified atom stereocenters. The van der Waals surface area contributed by atoms with E-state index < -0.39 is 0 Å². The van der Waals surface area contributed by atoms with Crippen molar-refractivity contribution in [1.82, 2.24) is 0 Å². The molecule has 3 heteroatoms. The maximum atomic E-state index is 4.39. The minimum Gasteiger partial charge on any atom is -0.176 e. The fraction of sp³-hybridized carbons (Fsp3) is 1.00. The summed E-state index contributed by atoms with van der Waals surface area (Å²) in [6, 6.07) is 0. The van der Waals surface area contributed by atoms with Crippen molar-refractivity contribution in [2.45, 2.75) is 35.0 Å². The van der Waals surface area contributed by atoms with Crippen molar-refractivity contribution in [2.75, 3.05) is 0 Å². The van der Waals surface area contributed by atoms with Gasteiger partial charge in [-0.1, -0.05) is 0 Å². The molecule has 0 bridgehead atoms. The highest BCUT2D eigenvalue weighted by molar-refractivity contribution is 7.85. The zero-order valence-corrected chi connectivity index (χ0v) is 7.88. The van der Waals surface area contributed by atoms with Gasteiger partial charge in [0.2, 0.25) is 0 Å². The van der Waals surface area contributed by atoms with Crippen molar-refractivity contribution in [1.29, 1.82) is 0 Å². The molecule has 1 rings (SSSR count). The van der Waals surface area contributed by atoms with Gasteiger partial charge in [0.25, 0.3) is 0 Å². The lowest BCUT2D eigenvalue weighted by Crippen LogP contribution is -2.26. The van der Waals surface area contributed by atoms with Crippen LogP contribution in [0.1, 0.15) is 19.3 Å². The van der Waals surface area contributed by atoms with Gasteiger partial charge >= 0.3 is 0 Å². The highest BCUT2D eigenvalue weighted by Gasteiger charge is 2.23. The number of hydrogen-bond acceptors (Lipinski definition) is 3. The fourth-order valence-corrected chi connectivity index (χ4v) is 2.33. The van der Waals surface area contributed by atoms with Gasteiger partial charge in [-0.15, -0.1) is 0 Å². The van der Waals surface area contributed by atoms with Gasteiger partial charge in [0.15, 0.2) is 0 Å². The largest absolute Gasteiger partial charge is 0.176 e. The molecule has 1 aliphatic carbocycles. The summed E-state index contributed by atoms with van der Waals surface area (Å²) in [6.07, 6.45) is 3.49. The Morgan fingerprint density at radius 2 is 1.56 bits per heavy atom. The maximum Gasteiger partial charge on any atom is 0.0144 e. The van der Waals surface area contributed by atoms with Crippen LogP contribution in [0.4, 0.5) is 0 Å². The molecule has 0 N–H and O–H groups in total. The van der Waals surface area contributed by atoms with Crippen LogP contribution in [0.5, 0.6) is 0 Å². The molecule has 54 valence electrons. The van der Waals surface area contributed by atoms with E-state index in [-0.39, 0.29) is 0 Å². The van der Waals surface area contributed by atoms with Crippen LogP contribution in [0.2, 0.25) is 0 Å². The Labute approximate surface area is 73.0 Å². The van der Waals surface area contributed by atoms with E-state index in [4.69, 9.17) is 0 Å². The Morgan fingerprint density at radius 1 is 0.889 bits per heavy atom. The first-order valence-corrected chi connectivity index (χ1v) is 4.79. The summed E-state index contributed by atoms with van der Waals surface area (Å²) in [6.45, 7) is 0. The van der Waals surface area contributed by atoms with Crippen LogP contribution < -0.4 is 0 Å². The molecule has 9 heavy (non-hydrogen) atoms. The van der Waals surface area contributed by atoms with Gasteiger partial charge in [-0.25, -0.2) is 0 Å². The maximum absolute atomic E-state index is 4.39. The molecule has 0 spiro atoms. The summed E-state index contributed by atoms with van der Waals surface area (Å²) < 4.78 is 0. The molecular formula is C6H12S3. The van der Waals surface area contributed by atoms with Crippen LogP contribution in [-0.2, 0) is 0 Å².